The number of aryl methyl sites for hydroxylation is 1. The van der Waals surface area contributed by atoms with Gasteiger partial charge in [-0.05, 0) is 56.4 Å². The van der Waals surface area contributed by atoms with Gasteiger partial charge in [-0.25, -0.2) is 4.98 Å². The number of nitrogens with one attached hydrogen (secondary N) is 1. The number of aromatic nitrogens is 1. The van der Waals surface area contributed by atoms with Crippen LogP contribution >= 0.6 is 11.3 Å². The van der Waals surface area contributed by atoms with E-state index in [-0.39, 0.29) is 11.9 Å². The summed E-state index contributed by atoms with van der Waals surface area (Å²) in [6, 6.07) is 14.1. The SMILES string of the molecule is Cc1oc(-c2ccccc2)nc1C(=O)NCC(c1cccs1)N1CCCC1. The predicted molar refractivity (Wildman–Crippen MR) is 107 cm³/mol. The van der Waals surface area contributed by atoms with Gasteiger partial charge >= 0.3 is 0 Å². The molecule has 1 aliphatic heterocycles. The third kappa shape index (κ3) is 3.96. The Hall–Kier alpha value is -2.44. The van der Waals surface area contributed by atoms with Gasteiger partial charge < -0.3 is 9.73 Å². The third-order valence-electron chi connectivity index (χ3n) is 4.94. The molecule has 3 aromatic rings. The summed E-state index contributed by atoms with van der Waals surface area (Å²) in [5.41, 5.74) is 1.23. The number of nitrogens with zero attached hydrogens (tertiary/aromatic N) is 2. The Morgan fingerprint density at radius 2 is 2.00 bits per heavy atom. The zero-order valence-electron chi connectivity index (χ0n) is 15.4. The number of likely N-dealkylation sites (tertiary alicyclic amines) is 1. The number of oxazole rings is 1. The largest absolute Gasteiger partial charge is 0.441 e. The lowest BCUT2D eigenvalue weighted by molar-refractivity contribution is 0.0932. The van der Waals surface area contributed by atoms with Gasteiger partial charge in [-0.3, -0.25) is 9.69 Å². The van der Waals surface area contributed by atoms with Crippen LogP contribution < -0.4 is 5.32 Å². The molecule has 1 amide bonds. The van der Waals surface area contributed by atoms with Crippen molar-refractivity contribution in [2.24, 2.45) is 0 Å². The van der Waals surface area contributed by atoms with Gasteiger partial charge in [-0.2, -0.15) is 0 Å². The monoisotopic (exact) mass is 381 g/mol. The summed E-state index contributed by atoms with van der Waals surface area (Å²) in [5, 5.41) is 5.16. The Balaban J connectivity index is 1.48. The number of thiophene rings is 1. The average Bonchev–Trinajstić information content (AvgIpc) is 3.45. The summed E-state index contributed by atoms with van der Waals surface area (Å²) >= 11 is 1.74. The Morgan fingerprint density at radius 1 is 1.22 bits per heavy atom. The van der Waals surface area contributed by atoms with Gasteiger partial charge in [-0.15, -0.1) is 11.3 Å². The fourth-order valence-electron chi connectivity index (χ4n) is 3.53. The first-order chi connectivity index (χ1) is 13.2. The molecule has 27 heavy (non-hydrogen) atoms. The van der Waals surface area contributed by atoms with E-state index in [0.717, 1.165) is 18.7 Å². The van der Waals surface area contributed by atoms with Gasteiger partial charge in [0.05, 0.1) is 6.04 Å². The average molecular weight is 382 g/mol. The molecule has 0 spiro atoms. The summed E-state index contributed by atoms with van der Waals surface area (Å²) in [4.78, 5) is 20.9. The third-order valence-corrected chi connectivity index (χ3v) is 5.91. The summed E-state index contributed by atoms with van der Waals surface area (Å²) in [5.74, 6) is 0.840. The number of rotatable bonds is 6. The zero-order valence-corrected chi connectivity index (χ0v) is 16.2. The Kier molecular flexibility index (Phi) is 5.36. The second-order valence-corrected chi connectivity index (χ2v) is 7.75. The number of amides is 1. The first-order valence-corrected chi connectivity index (χ1v) is 10.2. The van der Waals surface area contributed by atoms with Gasteiger partial charge in [0.1, 0.15) is 5.76 Å². The van der Waals surface area contributed by atoms with Crippen molar-refractivity contribution < 1.29 is 9.21 Å². The van der Waals surface area contributed by atoms with Crippen molar-refractivity contribution in [2.45, 2.75) is 25.8 Å². The second-order valence-electron chi connectivity index (χ2n) is 6.77. The van der Waals surface area contributed by atoms with Gasteiger partial charge in [0.15, 0.2) is 5.69 Å². The van der Waals surface area contributed by atoms with E-state index in [2.05, 4.69) is 32.7 Å². The molecule has 0 radical (unpaired) electrons. The maximum absolute atomic E-state index is 12.8. The highest BCUT2D eigenvalue weighted by Gasteiger charge is 2.26. The first kappa shape index (κ1) is 17.9. The van der Waals surface area contributed by atoms with Crippen LogP contribution in [0, 0.1) is 6.92 Å². The normalized spacial score (nSPS) is 15.7. The zero-order chi connectivity index (χ0) is 18.6. The molecule has 0 bridgehead atoms. The molecule has 1 aliphatic rings. The van der Waals surface area contributed by atoms with Crippen molar-refractivity contribution in [3.05, 3.63) is 64.2 Å². The van der Waals surface area contributed by atoms with Crippen LogP contribution in [0.5, 0.6) is 0 Å². The fraction of sp³-hybridized carbons (Fsp3) is 0.333. The molecule has 0 saturated carbocycles. The van der Waals surface area contributed by atoms with E-state index in [0.29, 0.717) is 23.9 Å². The first-order valence-electron chi connectivity index (χ1n) is 9.31. The molecule has 2 aromatic heterocycles. The Bertz CT molecular complexity index is 884. The van der Waals surface area contributed by atoms with Gasteiger partial charge in [-0.1, -0.05) is 24.3 Å². The summed E-state index contributed by atoms with van der Waals surface area (Å²) in [7, 11) is 0. The van der Waals surface area contributed by atoms with Crippen molar-refractivity contribution >= 4 is 17.2 Å². The van der Waals surface area contributed by atoms with Crippen LogP contribution in [-0.2, 0) is 0 Å². The molecule has 140 valence electrons. The highest BCUT2D eigenvalue weighted by Crippen LogP contribution is 2.28. The quantitative estimate of drug-likeness (QED) is 0.692. The lowest BCUT2D eigenvalue weighted by atomic mass is 10.2. The van der Waals surface area contributed by atoms with E-state index >= 15 is 0 Å². The molecule has 1 fully saturated rings. The molecule has 1 atom stereocenters. The van der Waals surface area contributed by atoms with Crippen LogP contribution in [0.4, 0.5) is 0 Å². The van der Waals surface area contributed by atoms with Crippen LogP contribution in [0.1, 0.15) is 40.0 Å². The van der Waals surface area contributed by atoms with Crippen LogP contribution in [0.15, 0.2) is 52.3 Å². The smallest absolute Gasteiger partial charge is 0.273 e. The number of hydrogen-bond donors (Lipinski definition) is 1. The summed E-state index contributed by atoms with van der Waals surface area (Å²) < 4.78 is 5.72. The molecule has 1 aromatic carbocycles. The molecule has 4 rings (SSSR count). The van der Waals surface area contributed by atoms with E-state index < -0.39 is 0 Å². The minimum atomic E-state index is -0.181. The minimum absolute atomic E-state index is 0.181. The van der Waals surface area contributed by atoms with E-state index in [1.807, 2.05) is 30.3 Å². The van der Waals surface area contributed by atoms with Gasteiger partial charge in [0.25, 0.3) is 5.91 Å². The minimum Gasteiger partial charge on any atom is -0.441 e. The van der Waals surface area contributed by atoms with Crippen molar-refractivity contribution in [1.29, 1.82) is 0 Å². The van der Waals surface area contributed by atoms with Crippen molar-refractivity contribution in [3.8, 4) is 11.5 Å². The maximum atomic E-state index is 12.8. The molecular formula is C21H23N3O2S. The van der Waals surface area contributed by atoms with Gasteiger partial charge in [0.2, 0.25) is 5.89 Å². The number of hydrogen-bond acceptors (Lipinski definition) is 5. The second kappa shape index (κ2) is 8.06. The van der Waals surface area contributed by atoms with Crippen molar-refractivity contribution in [2.75, 3.05) is 19.6 Å². The van der Waals surface area contributed by atoms with Crippen molar-refractivity contribution in [3.63, 3.8) is 0 Å². The van der Waals surface area contributed by atoms with E-state index in [9.17, 15) is 4.79 Å². The standard InChI is InChI=1S/C21H23N3O2S/c1-15-19(23-21(26-15)16-8-3-2-4-9-16)20(25)22-14-17(18-10-7-13-27-18)24-11-5-6-12-24/h2-4,7-10,13,17H,5-6,11-12,14H2,1H3,(H,22,25). The predicted octanol–water partition coefficient (Wildman–Crippen LogP) is 4.28. The lowest BCUT2D eigenvalue weighted by Crippen LogP contribution is -2.36. The van der Waals surface area contributed by atoms with Crippen LogP contribution in [0.2, 0.25) is 0 Å². The Labute approximate surface area is 163 Å². The number of benzene rings is 1. The Morgan fingerprint density at radius 3 is 2.70 bits per heavy atom. The van der Waals surface area contributed by atoms with Crippen molar-refractivity contribution in [1.82, 2.24) is 15.2 Å². The fourth-order valence-corrected chi connectivity index (χ4v) is 4.39. The number of carbonyl (C=O) groups excluding carboxylic acids is 1. The highest BCUT2D eigenvalue weighted by atomic mass is 32.1. The van der Waals surface area contributed by atoms with Gasteiger partial charge in [0, 0.05) is 17.0 Å². The van der Waals surface area contributed by atoms with E-state index in [1.165, 1.54) is 17.7 Å². The molecular weight excluding hydrogens is 358 g/mol. The molecule has 3 heterocycles. The lowest BCUT2D eigenvalue weighted by Gasteiger charge is -2.26. The number of carbonyl (C=O) groups is 1. The molecule has 1 unspecified atom stereocenters. The van der Waals surface area contributed by atoms with Crippen LogP contribution in [-0.4, -0.2) is 35.4 Å². The molecule has 5 nitrogen and oxygen atoms in total. The van der Waals surface area contributed by atoms with Crippen LogP contribution in [0.3, 0.4) is 0 Å². The summed E-state index contributed by atoms with van der Waals surface area (Å²) in [6.45, 7) is 4.52. The maximum Gasteiger partial charge on any atom is 0.273 e. The highest BCUT2D eigenvalue weighted by molar-refractivity contribution is 7.10. The molecule has 0 aliphatic carbocycles. The summed E-state index contributed by atoms with van der Waals surface area (Å²) in [6.07, 6.45) is 2.44. The van der Waals surface area contributed by atoms with E-state index in [4.69, 9.17) is 4.42 Å². The molecule has 1 N–H and O–H groups in total. The van der Waals surface area contributed by atoms with Crippen LogP contribution in [0.25, 0.3) is 11.5 Å². The topological polar surface area (TPSA) is 58.4 Å². The van der Waals surface area contributed by atoms with E-state index in [1.54, 1.807) is 18.3 Å². The molecule has 6 heteroatoms. The molecule has 1 saturated heterocycles.